The number of methoxy groups -OCH3 is 1. The molecule has 0 aromatic heterocycles. The molecule has 3 N–H and O–H groups in total. The number of hydrogen-bond donors (Lipinski definition) is 2. The highest BCUT2D eigenvalue weighted by Gasteiger charge is 2.25. The fourth-order valence-electron chi connectivity index (χ4n) is 2.73. The van der Waals surface area contributed by atoms with E-state index in [2.05, 4.69) is 10.2 Å². The molecule has 0 saturated carbocycles. The SMILES string of the molecule is COC(=O)c1c(N)cccc1CN1CCC(NC(C)=O)C1. The van der Waals surface area contributed by atoms with Gasteiger partial charge in [-0.3, -0.25) is 9.69 Å². The van der Waals surface area contributed by atoms with Crippen molar-refractivity contribution in [3.63, 3.8) is 0 Å². The Labute approximate surface area is 124 Å². The fraction of sp³-hybridized carbons (Fsp3) is 0.467. The Morgan fingerprint density at radius 1 is 1.48 bits per heavy atom. The fourth-order valence-corrected chi connectivity index (χ4v) is 2.73. The van der Waals surface area contributed by atoms with Gasteiger partial charge in [0.2, 0.25) is 5.91 Å². The van der Waals surface area contributed by atoms with E-state index in [-0.39, 0.29) is 11.9 Å². The molecule has 0 aliphatic carbocycles. The summed E-state index contributed by atoms with van der Waals surface area (Å²) in [7, 11) is 1.35. The number of benzene rings is 1. The molecule has 21 heavy (non-hydrogen) atoms. The van der Waals surface area contributed by atoms with Gasteiger partial charge < -0.3 is 15.8 Å². The lowest BCUT2D eigenvalue weighted by Gasteiger charge is -2.18. The van der Waals surface area contributed by atoms with Crippen LogP contribution in [-0.4, -0.2) is 43.0 Å². The lowest BCUT2D eigenvalue weighted by atomic mass is 10.1. The molecule has 1 aromatic rings. The molecule has 2 rings (SSSR count). The molecular weight excluding hydrogens is 270 g/mol. The standard InChI is InChI=1S/C15H21N3O3/c1-10(19)17-12-6-7-18(9-12)8-11-4-3-5-13(16)14(11)15(20)21-2/h3-5,12H,6-9,16H2,1-2H3,(H,17,19). The largest absolute Gasteiger partial charge is 0.465 e. The van der Waals surface area contributed by atoms with Gasteiger partial charge >= 0.3 is 5.97 Å². The van der Waals surface area contributed by atoms with Gasteiger partial charge in [0.15, 0.2) is 0 Å². The predicted molar refractivity (Wildman–Crippen MR) is 79.7 cm³/mol. The highest BCUT2D eigenvalue weighted by molar-refractivity contribution is 5.96. The number of nitrogen functional groups attached to an aromatic ring is 1. The highest BCUT2D eigenvalue weighted by Crippen LogP contribution is 2.21. The van der Waals surface area contributed by atoms with E-state index in [1.54, 1.807) is 6.07 Å². The number of amides is 1. The molecule has 6 nitrogen and oxygen atoms in total. The molecule has 0 bridgehead atoms. The summed E-state index contributed by atoms with van der Waals surface area (Å²) < 4.78 is 4.80. The van der Waals surface area contributed by atoms with Crippen molar-refractivity contribution in [2.24, 2.45) is 0 Å². The molecular formula is C15H21N3O3. The van der Waals surface area contributed by atoms with E-state index in [1.807, 2.05) is 12.1 Å². The molecule has 1 unspecified atom stereocenters. The molecule has 1 fully saturated rings. The monoisotopic (exact) mass is 291 g/mol. The number of nitrogens with two attached hydrogens (primary N) is 1. The first-order valence-corrected chi connectivity index (χ1v) is 6.96. The minimum atomic E-state index is -0.416. The molecule has 1 amide bonds. The minimum absolute atomic E-state index is 0.0129. The van der Waals surface area contributed by atoms with Gasteiger partial charge in [-0.25, -0.2) is 4.79 Å². The lowest BCUT2D eigenvalue weighted by Crippen LogP contribution is -2.35. The number of nitrogens with zero attached hydrogens (tertiary/aromatic N) is 1. The average molecular weight is 291 g/mol. The zero-order valence-corrected chi connectivity index (χ0v) is 12.4. The van der Waals surface area contributed by atoms with Crippen LogP contribution in [0.1, 0.15) is 29.3 Å². The van der Waals surface area contributed by atoms with Crippen molar-refractivity contribution in [2.75, 3.05) is 25.9 Å². The van der Waals surface area contributed by atoms with Crippen LogP contribution >= 0.6 is 0 Å². The second-order valence-corrected chi connectivity index (χ2v) is 5.29. The van der Waals surface area contributed by atoms with Crippen LogP contribution in [0.15, 0.2) is 18.2 Å². The Balaban J connectivity index is 2.09. The topological polar surface area (TPSA) is 84.7 Å². The smallest absolute Gasteiger partial charge is 0.340 e. The zero-order valence-electron chi connectivity index (χ0n) is 12.4. The number of likely N-dealkylation sites (tertiary alicyclic amines) is 1. The van der Waals surface area contributed by atoms with Crippen LogP contribution in [0.3, 0.4) is 0 Å². The summed E-state index contributed by atoms with van der Waals surface area (Å²) >= 11 is 0. The molecule has 0 spiro atoms. The molecule has 6 heteroatoms. The molecule has 1 heterocycles. The van der Waals surface area contributed by atoms with E-state index in [4.69, 9.17) is 10.5 Å². The molecule has 1 aromatic carbocycles. The number of rotatable bonds is 4. The van der Waals surface area contributed by atoms with Crippen LogP contribution in [0.4, 0.5) is 5.69 Å². The third kappa shape index (κ3) is 3.72. The Bertz CT molecular complexity index is 545. The summed E-state index contributed by atoms with van der Waals surface area (Å²) in [5, 5.41) is 2.92. The van der Waals surface area contributed by atoms with Crippen molar-refractivity contribution in [2.45, 2.75) is 25.9 Å². The van der Waals surface area contributed by atoms with Gasteiger partial charge in [-0.15, -0.1) is 0 Å². The first-order valence-electron chi connectivity index (χ1n) is 6.96. The van der Waals surface area contributed by atoms with Crippen LogP contribution < -0.4 is 11.1 Å². The van der Waals surface area contributed by atoms with Gasteiger partial charge in [-0.1, -0.05) is 12.1 Å². The summed E-state index contributed by atoms with van der Waals surface area (Å²) in [4.78, 5) is 25.1. The maximum absolute atomic E-state index is 11.9. The summed E-state index contributed by atoms with van der Waals surface area (Å²) in [6, 6.07) is 5.58. The van der Waals surface area contributed by atoms with E-state index in [1.165, 1.54) is 14.0 Å². The first-order chi connectivity index (χ1) is 10.0. The average Bonchev–Trinajstić information content (AvgIpc) is 2.84. The first kappa shape index (κ1) is 15.3. The van der Waals surface area contributed by atoms with Crippen LogP contribution in [-0.2, 0) is 16.1 Å². The Kier molecular flexibility index (Phi) is 4.80. The van der Waals surface area contributed by atoms with Crippen molar-refractivity contribution in [1.82, 2.24) is 10.2 Å². The van der Waals surface area contributed by atoms with E-state index in [0.29, 0.717) is 17.8 Å². The van der Waals surface area contributed by atoms with E-state index in [0.717, 1.165) is 25.1 Å². The molecule has 1 aliphatic heterocycles. The minimum Gasteiger partial charge on any atom is -0.465 e. The van der Waals surface area contributed by atoms with Gasteiger partial charge in [0.05, 0.1) is 12.7 Å². The van der Waals surface area contributed by atoms with Crippen molar-refractivity contribution in [1.29, 1.82) is 0 Å². The van der Waals surface area contributed by atoms with E-state index < -0.39 is 5.97 Å². The summed E-state index contributed by atoms with van der Waals surface area (Å²) in [5.74, 6) is -0.429. The molecule has 0 radical (unpaired) electrons. The summed E-state index contributed by atoms with van der Waals surface area (Å²) in [5.41, 5.74) is 7.60. The molecule has 114 valence electrons. The van der Waals surface area contributed by atoms with Crippen LogP contribution in [0.2, 0.25) is 0 Å². The van der Waals surface area contributed by atoms with Gasteiger partial charge in [0.1, 0.15) is 0 Å². The number of carbonyl (C=O) groups is 2. The third-order valence-electron chi connectivity index (χ3n) is 3.65. The lowest BCUT2D eigenvalue weighted by molar-refractivity contribution is -0.119. The number of nitrogens with one attached hydrogen (secondary N) is 1. The Morgan fingerprint density at radius 2 is 2.24 bits per heavy atom. The molecule has 1 saturated heterocycles. The van der Waals surface area contributed by atoms with Gasteiger partial charge in [-0.05, 0) is 18.1 Å². The normalized spacial score (nSPS) is 18.5. The van der Waals surface area contributed by atoms with Crippen molar-refractivity contribution in [3.05, 3.63) is 29.3 Å². The zero-order chi connectivity index (χ0) is 15.4. The number of anilines is 1. The molecule has 1 atom stereocenters. The summed E-state index contributed by atoms with van der Waals surface area (Å²) in [6.45, 7) is 3.79. The summed E-state index contributed by atoms with van der Waals surface area (Å²) in [6.07, 6.45) is 0.912. The second kappa shape index (κ2) is 6.58. The number of hydrogen-bond acceptors (Lipinski definition) is 5. The van der Waals surface area contributed by atoms with Gasteiger partial charge in [0.25, 0.3) is 0 Å². The van der Waals surface area contributed by atoms with E-state index >= 15 is 0 Å². The van der Waals surface area contributed by atoms with Crippen molar-refractivity contribution in [3.8, 4) is 0 Å². The van der Waals surface area contributed by atoms with Crippen LogP contribution in [0, 0.1) is 0 Å². The van der Waals surface area contributed by atoms with Crippen LogP contribution in [0.5, 0.6) is 0 Å². The quantitative estimate of drug-likeness (QED) is 0.632. The maximum atomic E-state index is 11.9. The molecule has 1 aliphatic rings. The van der Waals surface area contributed by atoms with Crippen molar-refractivity contribution < 1.29 is 14.3 Å². The Morgan fingerprint density at radius 3 is 2.90 bits per heavy atom. The Hall–Kier alpha value is -2.08. The van der Waals surface area contributed by atoms with Gasteiger partial charge in [-0.2, -0.15) is 0 Å². The number of ether oxygens (including phenoxy) is 1. The number of carbonyl (C=O) groups excluding carboxylic acids is 2. The second-order valence-electron chi connectivity index (χ2n) is 5.29. The maximum Gasteiger partial charge on any atom is 0.340 e. The third-order valence-corrected chi connectivity index (χ3v) is 3.65. The predicted octanol–water partition coefficient (Wildman–Crippen LogP) is 0.766. The van der Waals surface area contributed by atoms with Crippen LogP contribution in [0.25, 0.3) is 0 Å². The highest BCUT2D eigenvalue weighted by atomic mass is 16.5. The van der Waals surface area contributed by atoms with Gasteiger partial charge in [0, 0.05) is 38.3 Å². The van der Waals surface area contributed by atoms with E-state index in [9.17, 15) is 9.59 Å². The van der Waals surface area contributed by atoms with Crippen molar-refractivity contribution >= 4 is 17.6 Å². The number of esters is 1.